The van der Waals surface area contributed by atoms with E-state index in [0.717, 1.165) is 51.0 Å². The van der Waals surface area contributed by atoms with Crippen LogP contribution in [0.5, 0.6) is 0 Å². The molecule has 1 saturated carbocycles. The summed E-state index contributed by atoms with van der Waals surface area (Å²) in [6.45, 7) is 0. The van der Waals surface area contributed by atoms with E-state index in [0.29, 0.717) is 5.52 Å². The van der Waals surface area contributed by atoms with Crippen LogP contribution in [-0.4, -0.2) is 14.1 Å². The quantitative estimate of drug-likeness (QED) is 0.307. The summed E-state index contributed by atoms with van der Waals surface area (Å²) in [5.74, 6) is 0.745. The fourth-order valence-electron chi connectivity index (χ4n) is 3.64. The molecule has 5 rings (SSSR count). The normalized spacial score (nSPS) is 13.9. The van der Waals surface area contributed by atoms with Crippen molar-refractivity contribution < 1.29 is 0 Å². The van der Waals surface area contributed by atoms with Gasteiger partial charge < -0.3 is 4.57 Å². The van der Waals surface area contributed by atoms with E-state index >= 15 is 0 Å². The van der Waals surface area contributed by atoms with E-state index in [-0.39, 0.29) is 11.6 Å². The van der Waals surface area contributed by atoms with E-state index in [1.807, 2.05) is 64.8 Å². The number of halogens is 1. The molecule has 0 spiro atoms. The number of fused-ring (bicyclic) bond motifs is 1. The first-order chi connectivity index (χ1) is 14.1. The number of aryl methyl sites for hydroxylation is 1. The van der Waals surface area contributed by atoms with Gasteiger partial charge in [-0.25, -0.2) is 4.98 Å². The predicted octanol–water partition coefficient (Wildman–Crippen LogP) is 5.68. The molecule has 0 N–H and O–H groups in total. The summed E-state index contributed by atoms with van der Waals surface area (Å²) < 4.78 is 3.82. The zero-order chi connectivity index (χ0) is 20.0. The first-order valence-electron chi connectivity index (χ1n) is 9.66. The largest absolute Gasteiger partial charge is 0.344 e. The Hall–Kier alpha value is -2.50. The minimum atomic E-state index is 0.0563. The molecule has 2 aromatic carbocycles. The highest BCUT2D eigenvalue weighted by Crippen LogP contribution is 2.38. The van der Waals surface area contributed by atoms with E-state index < -0.39 is 0 Å². The van der Waals surface area contributed by atoms with Gasteiger partial charge in [-0.2, -0.15) is 0 Å². The molecule has 2 heterocycles. The van der Waals surface area contributed by atoms with Crippen molar-refractivity contribution in [1.29, 1.82) is 0 Å². The average Bonchev–Trinajstić information content (AvgIpc) is 3.51. The Kier molecular flexibility index (Phi) is 4.72. The molecular weight excluding hydrogens is 402 g/mol. The van der Waals surface area contributed by atoms with Gasteiger partial charge in [-0.05, 0) is 36.1 Å². The van der Waals surface area contributed by atoms with E-state index in [1.165, 1.54) is 0 Å². The lowest BCUT2D eigenvalue weighted by Gasteiger charge is -2.12. The zero-order valence-corrected chi connectivity index (χ0v) is 17.6. The van der Waals surface area contributed by atoms with Crippen LogP contribution >= 0.6 is 23.4 Å². The lowest BCUT2D eigenvalue weighted by atomic mass is 10.1. The maximum absolute atomic E-state index is 13.4. The van der Waals surface area contributed by atoms with Crippen LogP contribution in [0.2, 0.25) is 5.02 Å². The fraction of sp³-hybridized carbons (Fsp3) is 0.217. The number of aromatic nitrogens is 3. The summed E-state index contributed by atoms with van der Waals surface area (Å²) in [6, 6.07) is 18.2. The molecular formula is C23H20ClN3OS. The molecule has 0 unspecified atom stereocenters. The molecule has 4 nitrogen and oxygen atoms in total. The Morgan fingerprint density at radius 2 is 1.83 bits per heavy atom. The highest BCUT2D eigenvalue weighted by Gasteiger charge is 2.30. The van der Waals surface area contributed by atoms with Gasteiger partial charge in [0, 0.05) is 35.6 Å². The number of hydrogen-bond donors (Lipinski definition) is 0. The van der Waals surface area contributed by atoms with Crippen molar-refractivity contribution in [1.82, 2.24) is 14.1 Å². The molecule has 0 bridgehead atoms. The Bertz CT molecular complexity index is 1240. The van der Waals surface area contributed by atoms with Gasteiger partial charge in [0.2, 0.25) is 0 Å². The van der Waals surface area contributed by atoms with Crippen molar-refractivity contribution >= 4 is 34.4 Å². The molecule has 0 aliphatic heterocycles. The van der Waals surface area contributed by atoms with Crippen LogP contribution in [0.15, 0.2) is 70.7 Å². The van der Waals surface area contributed by atoms with Crippen LogP contribution in [0.25, 0.3) is 22.2 Å². The van der Waals surface area contributed by atoms with Crippen LogP contribution in [0.4, 0.5) is 0 Å². The maximum atomic E-state index is 13.4. The summed E-state index contributed by atoms with van der Waals surface area (Å²) >= 11 is 7.62. The Labute approximate surface area is 178 Å². The zero-order valence-electron chi connectivity index (χ0n) is 16.0. The van der Waals surface area contributed by atoms with Gasteiger partial charge in [0.25, 0.3) is 5.56 Å². The van der Waals surface area contributed by atoms with Gasteiger partial charge >= 0.3 is 0 Å². The summed E-state index contributed by atoms with van der Waals surface area (Å²) in [5.41, 5.74) is 4.73. The van der Waals surface area contributed by atoms with Crippen LogP contribution < -0.4 is 5.56 Å². The van der Waals surface area contributed by atoms with E-state index in [9.17, 15) is 4.79 Å². The van der Waals surface area contributed by atoms with Crippen LogP contribution in [0.1, 0.15) is 24.4 Å². The molecule has 4 aromatic rings. The smallest absolute Gasteiger partial charge is 0.278 e. The number of hydrogen-bond acceptors (Lipinski definition) is 3. The standard InChI is InChI=1S/C23H20ClN3OS/c1-26-13-19(16-5-3-2-4-6-16)20-21(26)22(28)27(18-11-12-18)23(25-20)29-14-15-7-9-17(24)10-8-15/h2-10,13,18H,11-12,14H2,1H3. The lowest BCUT2D eigenvalue weighted by molar-refractivity contribution is 0.615. The molecule has 2 aromatic heterocycles. The summed E-state index contributed by atoms with van der Waals surface area (Å²) in [7, 11) is 1.93. The summed E-state index contributed by atoms with van der Waals surface area (Å²) in [5, 5.41) is 1.52. The first kappa shape index (κ1) is 18.5. The molecule has 0 radical (unpaired) electrons. The Balaban J connectivity index is 1.63. The highest BCUT2D eigenvalue weighted by molar-refractivity contribution is 7.98. The van der Waals surface area contributed by atoms with Crippen LogP contribution in [-0.2, 0) is 12.8 Å². The molecule has 1 aliphatic carbocycles. The monoisotopic (exact) mass is 421 g/mol. The topological polar surface area (TPSA) is 39.8 Å². The Morgan fingerprint density at radius 3 is 2.52 bits per heavy atom. The first-order valence-corrected chi connectivity index (χ1v) is 11.0. The summed E-state index contributed by atoms with van der Waals surface area (Å²) in [4.78, 5) is 18.4. The van der Waals surface area contributed by atoms with Crippen molar-refractivity contribution in [2.24, 2.45) is 7.05 Å². The molecule has 1 aliphatic rings. The molecule has 146 valence electrons. The van der Waals surface area contributed by atoms with Crippen molar-refractivity contribution in [3.63, 3.8) is 0 Å². The van der Waals surface area contributed by atoms with Gasteiger partial charge in [-0.3, -0.25) is 9.36 Å². The van der Waals surface area contributed by atoms with E-state index in [1.54, 1.807) is 11.8 Å². The Morgan fingerprint density at radius 1 is 1.10 bits per heavy atom. The van der Waals surface area contributed by atoms with Crippen LogP contribution in [0, 0.1) is 0 Å². The second-order valence-corrected chi connectivity index (χ2v) is 8.81. The lowest BCUT2D eigenvalue weighted by Crippen LogP contribution is -2.23. The second kappa shape index (κ2) is 7.39. The third kappa shape index (κ3) is 3.49. The molecule has 1 fully saturated rings. The van der Waals surface area contributed by atoms with Gasteiger partial charge in [0.15, 0.2) is 5.16 Å². The molecule has 0 saturated heterocycles. The number of thioether (sulfide) groups is 1. The minimum Gasteiger partial charge on any atom is -0.344 e. The highest BCUT2D eigenvalue weighted by atomic mass is 35.5. The predicted molar refractivity (Wildman–Crippen MR) is 120 cm³/mol. The fourth-order valence-corrected chi connectivity index (χ4v) is 4.78. The van der Waals surface area contributed by atoms with Crippen LogP contribution in [0.3, 0.4) is 0 Å². The summed E-state index contributed by atoms with van der Waals surface area (Å²) in [6.07, 6.45) is 4.09. The molecule has 0 amide bonds. The van der Waals surface area contributed by atoms with Gasteiger partial charge in [-0.1, -0.05) is 65.8 Å². The SMILES string of the molecule is Cn1cc(-c2ccccc2)c2nc(SCc3ccc(Cl)cc3)n(C3CC3)c(=O)c21. The number of nitrogens with zero attached hydrogens (tertiary/aromatic N) is 3. The second-order valence-electron chi connectivity index (χ2n) is 7.43. The van der Waals surface area contributed by atoms with Crippen molar-refractivity contribution in [2.45, 2.75) is 29.8 Å². The van der Waals surface area contributed by atoms with E-state index in [4.69, 9.17) is 16.6 Å². The average molecular weight is 422 g/mol. The third-order valence-corrected chi connectivity index (χ3v) is 6.54. The van der Waals surface area contributed by atoms with Crippen molar-refractivity contribution in [3.05, 3.63) is 81.7 Å². The van der Waals surface area contributed by atoms with Gasteiger partial charge in [-0.15, -0.1) is 0 Å². The third-order valence-electron chi connectivity index (χ3n) is 5.27. The van der Waals surface area contributed by atoms with Crippen molar-refractivity contribution in [3.8, 4) is 11.1 Å². The molecule has 29 heavy (non-hydrogen) atoms. The molecule has 6 heteroatoms. The maximum Gasteiger partial charge on any atom is 0.278 e. The van der Waals surface area contributed by atoms with Gasteiger partial charge in [0.1, 0.15) is 11.0 Å². The van der Waals surface area contributed by atoms with E-state index in [2.05, 4.69) is 12.1 Å². The van der Waals surface area contributed by atoms with Crippen molar-refractivity contribution in [2.75, 3.05) is 0 Å². The minimum absolute atomic E-state index is 0.0563. The number of rotatable bonds is 5. The number of benzene rings is 2. The molecule has 0 atom stereocenters. The van der Waals surface area contributed by atoms with Gasteiger partial charge in [0.05, 0.1) is 0 Å².